The molecule has 0 radical (unpaired) electrons. The van der Waals surface area contributed by atoms with Gasteiger partial charge in [0, 0.05) is 12.6 Å². The Morgan fingerprint density at radius 3 is 2.75 bits per heavy atom. The van der Waals surface area contributed by atoms with Crippen LogP contribution in [0.1, 0.15) is 24.9 Å². The second-order valence-corrected chi connectivity index (χ2v) is 3.35. The van der Waals surface area contributed by atoms with Gasteiger partial charge < -0.3 is 10.9 Å². The van der Waals surface area contributed by atoms with Gasteiger partial charge in [-0.05, 0) is 6.92 Å². The maximum absolute atomic E-state index is 12.3. The lowest BCUT2D eigenvalue weighted by Gasteiger charge is -2.10. The van der Waals surface area contributed by atoms with Crippen molar-refractivity contribution in [3.8, 4) is 0 Å². The molecule has 0 aliphatic carbocycles. The summed E-state index contributed by atoms with van der Waals surface area (Å²) in [6.07, 6.45) is -2.66. The summed E-state index contributed by atoms with van der Waals surface area (Å²) < 4.78 is 37.9. The number of aromatic nitrogens is 2. The molecule has 0 fully saturated rings. The molecule has 5 nitrogen and oxygen atoms in total. The van der Waals surface area contributed by atoms with Crippen LogP contribution in [0.15, 0.2) is 17.5 Å². The number of hydrogen-bond donors (Lipinski definition) is 2. The summed E-state index contributed by atoms with van der Waals surface area (Å²) in [5, 5.41) is 14.6. The zero-order valence-electron chi connectivity index (χ0n) is 8.44. The number of nitrogens with zero attached hydrogens (tertiary/aromatic N) is 3. The van der Waals surface area contributed by atoms with Gasteiger partial charge >= 0.3 is 6.18 Å². The van der Waals surface area contributed by atoms with E-state index >= 15 is 0 Å². The van der Waals surface area contributed by atoms with Gasteiger partial charge in [-0.15, -0.1) is 0 Å². The van der Waals surface area contributed by atoms with E-state index < -0.39 is 17.8 Å². The minimum absolute atomic E-state index is 0.0587. The molecule has 0 amide bonds. The standard InChI is InChI=1S/C8H11F3N4O/c1-5(2-7(12)14-16)15-4-6(3-13-15)8(9,10)11/h3-5,16H,2H2,1H3,(H2,12,14). The average Bonchev–Trinajstić information content (AvgIpc) is 2.65. The summed E-state index contributed by atoms with van der Waals surface area (Å²) in [6, 6.07) is -0.410. The van der Waals surface area contributed by atoms with Gasteiger partial charge in [-0.25, -0.2) is 0 Å². The normalized spacial score (nSPS) is 15.1. The molecule has 1 heterocycles. The van der Waals surface area contributed by atoms with Crippen molar-refractivity contribution in [1.29, 1.82) is 0 Å². The monoisotopic (exact) mass is 236 g/mol. The molecule has 0 aromatic carbocycles. The van der Waals surface area contributed by atoms with Gasteiger partial charge in [0.2, 0.25) is 0 Å². The van der Waals surface area contributed by atoms with E-state index in [1.807, 2.05) is 0 Å². The molecule has 3 N–H and O–H groups in total. The Morgan fingerprint density at radius 2 is 2.31 bits per heavy atom. The highest BCUT2D eigenvalue weighted by atomic mass is 19.4. The minimum atomic E-state index is -4.41. The van der Waals surface area contributed by atoms with Crippen LogP contribution in [0.2, 0.25) is 0 Å². The summed E-state index contributed by atoms with van der Waals surface area (Å²) in [6.45, 7) is 1.62. The first-order valence-corrected chi connectivity index (χ1v) is 4.42. The fourth-order valence-electron chi connectivity index (χ4n) is 1.16. The molecule has 0 spiro atoms. The maximum atomic E-state index is 12.3. The Morgan fingerprint density at radius 1 is 1.69 bits per heavy atom. The number of amidine groups is 1. The minimum Gasteiger partial charge on any atom is -0.409 e. The first-order valence-electron chi connectivity index (χ1n) is 4.42. The highest BCUT2D eigenvalue weighted by Crippen LogP contribution is 2.29. The summed E-state index contributed by atoms with van der Waals surface area (Å²) in [7, 11) is 0. The van der Waals surface area contributed by atoms with Gasteiger partial charge in [0.1, 0.15) is 5.84 Å². The van der Waals surface area contributed by atoms with Crippen molar-refractivity contribution in [2.45, 2.75) is 25.6 Å². The van der Waals surface area contributed by atoms with Crippen LogP contribution in [0.3, 0.4) is 0 Å². The second-order valence-electron chi connectivity index (χ2n) is 3.35. The Bertz CT molecular complexity index is 385. The zero-order valence-corrected chi connectivity index (χ0v) is 8.44. The summed E-state index contributed by atoms with van der Waals surface area (Å²) >= 11 is 0. The molecule has 0 aliphatic rings. The fraction of sp³-hybridized carbons (Fsp3) is 0.500. The molecule has 1 rings (SSSR count). The van der Waals surface area contributed by atoms with Crippen LogP contribution in [0.5, 0.6) is 0 Å². The SMILES string of the molecule is CC(CC(N)=NO)n1cc(C(F)(F)F)cn1. The zero-order chi connectivity index (χ0) is 12.3. The van der Waals surface area contributed by atoms with E-state index in [4.69, 9.17) is 10.9 Å². The lowest BCUT2D eigenvalue weighted by molar-refractivity contribution is -0.137. The Kier molecular flexibility index (Phi) is 3.41. The van der Waals surface area contributed by atoms with Crippen molar-refractivity contribution in [1.82, 2.24) is 9.78 Å². The third kappa shape index (κ3) is 2.88. The fourth-order valence-corrected chi connectivity index (χ4v) is 1.16. The largest absolute Gasteiger partial charge is 0.419 e. The molecule has 1 atom stereocenters. The van der Waals surface area contributed by atoms with Crippen LogP contribution >= 0.6 is 0 Å². The van der Waals surface area contributed by atoms with E-state index in [0.717, 1.165) is 17.1 Å². The topological polar surface area (TPSA) is 76.4 Å². The number of halogens is 3. The second kappa shape index (κ2) is 4.42. The molecule has 1 aromatic rings. The van der Waals surface area contributed by atoms with Crippen LogP contribution in [0, 0.1) is 0 Å². The molecule has 90 valence electrons. The molecule has 0 saturated carbocycles. The van der Waals surface area contributed by atoms with Crippen LogP contribution in [0.25, 0.3) is 0 Å². The Balaban J connectivity index is 2.78. The van der Waals surface area contributed by atoms with E-state index in [1.165, 1.54) is 0 Å². The number of alkyl halides is 3. The third-order valence-electron chi connectivity index (χ3n) is 2.01. The third-order valence-corrected chi connectivity index (χ3v) is 2.01. The molecule has 0 aliphatic heterocycles. The summed E-state index contributed by atoms with van der Waals surface area (Å²) in [5.41, 5.74) is 4.42. The highest BCUT2D eigenvalue weighted by molar-refractivity contribution is 5.79. The summed E-state index contributed by atoms with van der Waals surface area (Å²) in [4.78, 5) is 0. The van der Waals surface area contributed by atoms with Crippen molar-refractivity contribution >= 4 is 5.84 Å². The predicted molar refractivity (Wildman–Crippen MR) is 50.0 cm³/mol. The first kappa shape index (κ1) is 12.3. The van der Waals surface area contributed by atoms with E-state index in [-0.39, 0.29) is 12.3 Å². The number of hydrogen-bond acceptors (Lipinski definition) is 3. The molecule has 1 unspecified atom stereocenters. The van der Waals surface area contributed by atoms with Crippen LogP contribution < -0.4 is 5.73 Å². The van der Waals surface area contributed by atoms with Gasteiger partial charge in [-0.3, -0.25) is 4.68 Å². The first-order chi connectivity index (χ1) is 7.34. The number of oxime groups is 1. The van der Waals surface area contributed by atoms with Crippen molar-refractivity contribution < 1.29 is 18.4 Å². The molecule has 8 heteroatoms. The van der Waals surface area contributed by atoms with Gasteiger partial charge in [0.15, 0.2) is 0 Å². The van der Waals surface area contributed by atoms with E-state index in [2.05, 4.69) is 10.3 Å². The lowest BCUT2D eigenvalue weighted by atomic mass is 10.2. The number of rotatable bonds is 3. The van der Waals surface area contributed by atoms with Crippen molar-refractivity contribution in [3.05, 3.63) is 18.0 Å². The van der Waals surface area contributed by atoms with E-state index in [1.54, 1.807) is 6.92 Å². The van der Waals surface area contributed by atoms with E-state index in [9.17, 15) is 13.2 Å². The molecule has 0 bridgehead atoms. The predicted octanol–water partition coefficient (Wildman–Crippen LogP) is 1.60. The van der Waals surface area contributed by atoms with Crippen LogP contribution in [0.4, 0.5) is 13.2 Å². The maximum Gasteiger partial charge on any atom is 0.419 e. The van der Waals surface area contributed by atoms with Crippen LogP contribution in [-0.4, -0.2) is 20.8 Å². The molecule has 1 aromatic heterocycles. The number of nitrogens with two attached hydrogens (primary N) is 1. The molecular formula is C8H11F3N4O. The van der Waals surface area contributed by atoms with Crippen molar-refractivity contribution in [3.63, 3.8) is 0 Å². The van der Waals surface area contributed by atoms with Crippen LogP contribution in [-0.2, 0) is 6.18 Å². The Hall–Kier alpha value is -1.73. The molecule has 0 saturated heterocycles. The average molecular weight is 236 g/mol. The lowest BCUT2D eigenvalue weighted by Crippen LogP contribution is -2.18. The van der Waals surface area contributed by atoms with Gasteiger partial charge in [-0.2, -0.15) is 18.3 Å². The van der Waals surface area contributed by atoms with Crippen molar-refractivity contribution in [2.24, 2.45) is 10.9 Å². The van der Waals surface area contributed by atoms with Gasteiger partial charge in [-0.1, -0.05) is 5.16 Å². The van der Waals surface area contributed by atoms with Crippen molar-refractivity contribution in [2.75, 3.05) is 0 Å². The smallest absolute Gasteiger partial charge is 0.409 e. The highest BCUT2D eigenvalue weighted by Gasteiger charge is 2.32. The summed E-state index contributed by atoms with van der Waals surface area (Å²) in [5.74, 6) is -0.0587. The van der Waals surface area contributed by atoms with Gasteiger partial charge in [0.05, 0.1) is 17.8 Å². The van der Waals surface area contributed by atoms with E-state index in [0.29, 0.717) is 0 Å². The molecule has 16 heavy (non-hydrogen) atoms. The van der Waals surface area contributed by atoms with Gasteiger partial charge in [0.25, 0.3) is 0 Å². The molecular weight excluding hydrogens is 225 g/mol. The quantitative estimate of drug-likeness (QED) is 0.362. The Labute approximate surface area is 89.3 Å².